The van der Waals surface area contributed by atoms with Crippen molar-refractivity contribution in [2.24, 2.45) is 7.05 Å². The molecule has 3 rings (SSSR count). The van der Waals surface area contributed by atoms with Gasteiger partial charge in [-0.05, 0) is 50.5 Å². The number of hydrogen-bond donors (Lipinski definition) is 1. The number of anilines is 1. The average molecular weight is 319 g/mol. The van der Waals surface area contributed by atoms with Gasteiger partial charge in [-0.2, -0.15) is 0 Å². The summed E-state index contributed by atoms with van der Waals surface area (Å²) < 4.78 is 2.12. The van der Waals surface area contributed by atoms with Gasteiger partial charge in [-0.15, -0.1) is 0 Å². The molecule has 0 spiro atoms. The molecule has 0 aliphatic carbocycles. The van der Waals surface area contributed by atoms with E-state index in [9.17, 15) is 0 Å². The van der Waals surface area contributed by atoms with Gasteiger partial charge in [0.1, 0.15) is 0 Å². The van der Waals surface area contributed by atoms with Crippen LogP contribution in [-0.2, 0) is 12.6 Å². The quantitative estimate of drug-likeness (QED) is 0.729. The third-order valence-corrected chi connectivity index (χ3v) is 4.71. The third-order valence-electron chi connectivity index (χ3n) is 4.71. The number of imidazole rings is 1. The highest BCUT2D eigenvalue weighted by atomic mass is 15.2. The highest BCUT2D eigenvalue weighted by Crippen LogP contribution is 2.28. The van der Waals surface area contributed by atoms with Crippen molar-refractivity contribution < 1.29 is 0 Å². The molecule has 2 aromatic carbocycles. The lowest BCUT2D eigenvalue weighted by molar-refractivity contribution is 0.597. The first kappa shape index (κ1) is 16.3. The van der Waals surface area contributed by atoms with Crippen molar-refractivity contribution in [1.29, 1.82) is 0 Å². The number of benzene rings is 2. The molecule has 0 saturated heterocycles. The molecule has 0 radical (unpaired) electrons. The Hall–Kier alpha value is -2.55. The minimum absolute atomic E-state index is 0.194. The summed E-state index contributed by atoms with van der Waals surface area (Å²) in [6.07, 6.45) is 1.94. The van der Waals surface area contributed by atoms with Crippen molar-refractivity contribution in [1.82, 2.24) is 9.55 Å². The van der Waals surface area contributed by atoms with Crippen molar-refractivity contribution in [2.75, 3.05) is 5.32 Å². The van der Waals surface area contributed by atoms with E-state index in [2.05, 4.69) is 92.1 Å². The number of rotatable bonds is 4. The van der Waals surface area contributed by atoms with Crippen LogP contribution in [0.5, 0.6) is 0 Å². The van der Waals surface area contributed by atoms with Crippen LogP contribution in [0.3, 0.4) is 0 Å². The second-order valence-electron chi connectivity index (χ2n) is 6.94. The summed E-state index contributed by atoms with van der Waals surface area (Å²) in [4.78, 5) is 4.61. The standard InChI is InChI=1S/C21H25N3/c1-15-11-12-17(13-16(15)2)19-14-22-20(24(19)5)23-21(3,4)18-9-7-6-8-10-18/h6-14H,1-5H3,(H,22,23). The first-order valence-electron chi connectivity index (χ1n) is 8.31. The molecule has 1 aromatic heterocycles. The van der Waals surface area contributed by atoms with Gasteiger partial charge in [0.05, 0.1) is 17.4 Å². The molecule has 0 amide bonds. The van der Waals surface area contributed by atoms with Crippen LogP contribution in [0.4, 0.5) is 5.95 Å². The highest BCUT2D eigenvalue weighted by molar-refractivity contribution is 5.63. The van der Waals surface area contributed by atoms with E-state index in [-0.39, 0.29) is 5.54 Å². The lowest BCUT2D eigenvalue weighted by atomic mass is 9.95. The highest BCUT2D eigenvalue weighted by Gasteiger charge is 2.22. The van der Waals surface area contributed by atoms with Crippen molar-refractivity contribution in [3.63, 3.8) is 0 Å². The van der Waals surface area contributed by atoms with Crippen molar-refractivity contribution in [3.05, 3.63) is 71.4 Å². The summed E-state index contributed by atoms with van der Waals surface area (Å²) >= 11 is 0. The maximum atomic E-state index is 4.61. The zero-order chi connectivity index (χ0) is 17.3. The monoisotopic (exact) mass is 319 g/mol. The van der Waals surface area contributed by atoms with E-state index < -0.39 is 0 Å². The van der Waals surface area contributed by atoms with E-state index >= 15 is 0 Å². The summed E-state index contributed by atoms with van der Waals surface area (Å²) in [6.45, 7) is 8.63. The molecule has 0 unspecified atom stereocenters. The van der Waals surface area contributed by atoms with Crippen LogP contribution in [-0.4, -0.2) is 9.55 Å². The minimum Gasteiger partial charge on any atom is -0.347 e. The predicted octanol–water partition coefficient (Wildman–Crippen LogP) is 5.05. The molecular weight excluding hydrogens is 294 g/mol. The Balaban J connectivity index is 1.91. The van der Waals surface area contributed by atoms with E-state index in [4.69, 9.17) is 0 Å². The maximum Gasteiger partial charge on any atom is 0.203 e. The van der Waals surface area contributed by atoms with Gasteiger partial charge >= 0.3 is 0 Å². The van der Waals surface area contributed by atoms with Crippen molar-refractivity contribution in [3.8, 4) is 11.3 Å². The van der Waals surface area contributed by atoms with Gasteiger partial charge in [0.2, 0.25) is 5.95 Å². The summed E-state index contributed by atoms with van der Waals surface area (Å²) in [6, 6.07) is 17.0. The number of aromatic nitrogens is 2. The summed E-state index contributed by atoms with van der Waals surface area (Å²) in [7, 11) is 2.06. The van der Waals surface area contributed by atoms with Gasteiger partial charge in [-0.25, -0.2) is 4.98 Å². The smallest absolute Gasteiger partial charge is 0.203 e. The van der Waals surface area contributed by atoms with E-state index in [1.54, 1.807) is 0 Å². The van der Waals surface area contributed by atoms with Gasteiger partial charge < -0.3 is 9.88 Å². The van der Waals surface area contributed by atoms with E-state index in [1.165, 1.54) is 22.3 Å². The van der Waals surface area contributed by atoms with Crippen molar-refractivity contribution in [2.45, 2.75) is 33.2 Å². The molecule has 1 N–H and O–H groups in total. The lowest BCUT2D eigenvalue weighted by Gasteiger charge is -2.27. The molecule has 0 aliphatic rings. The van der Waals surface area contributed by atoms with Gasteiger partial charge in [0.15, 0.2) is 0 Å². The largest absolute Gasteiger partial charge is 0.347 e. The molecule has 0 bridgehead atoms. The molecule has 24 heavy (non-hydrogen) atoms. The maximum absolute atomic E-state index is 4.61. The minimum atomic E-state index is -0.194. The number of hydrogen-bond acceptors (Lipinski definition) is 2. The summed E-state index contributed by atoms with van der Waals surface area (Å²) in [5, 5.41) is 3.57. The fourth-order valence-electron chi connectivity index (χ4n) is 2.90. The zero-order valence-corrected chi connectivity index (χ0v) is 15.1. The van der Waals surface area contributed by atoms with Crippen LogP contribution < -0.4 is 5.32 Å². The number of nitrogens with zero attached hydrogens (tertiary/aromatic N) is 2. The van der Waals surface area contributed by atoms with Crippen LogP contribution in [0.25, 0.3) is 11.3 Å². The molecule has 0 atom stereocenters. The van der Waals surface area contributed by atoms with E-state index in [1.807, 2.05) is 12.3 Å². The Bertz CT molecular complexity index is 845. The van der Waals surface area contributed by atoms with Crippen LogP contribution in [0.1, 0.15) is 30.5 Å². The Labute approximate surface area is 144 Å². The predicted molar refractivity (Wildman–Crippen MR) is 101 cm³/mol. The molecule has 1 heterocycles. The molecule has 0 fully saturated rings. The zero-order valence-electron chi connectivity index (χ0n) is 15.1. The van der Waals surface area contributed by atoms with E-state index in [0.29, 0.717) is 0 Å². The molecular formula is C21H25N3. The summed E-state index contributed by atoms with van der Waals surface area (Å²) in [5.74, 6) is 0.872. The Morgan fingerprint density at radius 3 is 2.33 bits per heavy atom. The van der Waals surface area contributed by atoms with Crippen molar-refractivity contribution >= 4 is 5.95 Å². The lowest BCUT2D eigenvalue weighted by Crippen LogP contribution is -2.29. The molecule has 3 heteroatoms. The van der Waals surface area contributed by atoms with Crippen LogP contribution >= 0.6 is 0 Å². The molecule has 3 nitrogen and oxygen atoms in total. The van der Waals surface area contributed by atoms with Crippen LogP contribution in [0.2, 0.25) is 0 Å². The normalized spacial score (nSPS) is 11.5. The van der Waals surface area contributed by atoms with Gasteiger partial charge in [0.25, 0.3) is 0 Å². The second kappa shape index (κ2) is 6.16. The Morgan fingerprint density at radius 1 is 0.958 bits per heavy atom. The van der Waals surface area contributed by atoms with Gasteiger partial charge in [-0.1, -0.05) is 42.5 Å². The van der Waals surface area contributed by atoms with Crippen LogP contribution in [0.15, 0.2) is 54.7 Å². The van der Waals surface area contributed by atoms with Gasteiger partial charge in [-0.3, -0.25) is 0 Å². The van der Waals surface area contributed by atoms with Gasteiger partial charge in [0, 0.05) is 12.6 Å². The molecule has 3 aromatic rings. The molecule has 0 saturated carbocycles. The molecule has 124 valence electrons. The average Bonchev–Trinajstić information content (AvgIpc) is 2.91. The van der Waals surface area contributed by atoms with E-state index in [0.717, 1.165) is 11.6 Å². The van der Waals surface area contributed by atoms with Crippen LogP contribution in [0, 0.1) is 13.8 Å². The number of aryl methyl sites for hydroxylation is 2. The number of nitrogens with one attached hydrogen (secondary N) is 1. The second-order valence-corrected chi connectivity index (χ2v) is 6.94. The first-order valence-corrected chi connectivity index (χ1v) is 8.31. The molecule has 0 aliphatic heterocycles. The first-order chi connectivity index (χ1) is 11.4. The SMILES string of the molecule is Cc1ccc(-c2cnc(NC(C)(C)c3ccccc3)n2C)cc1C. The topological polar surface area (TPSA) is 29.9 Å². The fourth-order valence-corrected chi connectivity index (χ4v) is 2.90. The Morgan fingerprint density at radius 2 is 1.67 bits per heavy atom. The summed E-state index contributed by atoms with van der Waals surface area (Å²) in [5.41, 5.74) is 5.96. The fraction of sp³-hybridized carbons (Fsp3) is 0.286. The Kier molecular flexibility index (Phi) is 4.18. The third kappa shape index (κ3) is 3.07.